The Morgan fingerprint density at radius 3 is 3.23 bits per heavy atom. The van der Waals surface area contributed by atoms with Gasteiger partial charge in [-0.05, 0) is 0 Å². The largest absolute Gasteiger partial charge is 0.465 e. The van der Waals surface area contributed by atoms with Crippen LogP contribution in [0.4, 0.5) is 4.79 Å². The maximum absolute atomic E-state index is 10.6. The molecule has 0 spiro atoms. The Morgan fingerprint density at radius 2 is 2.46 bits per heavy atom. The van der Waals surface area contributed by atoms with E-state index >= 15 is 0 Å². The predicted molar refractivity (Wildman–Crippen MR) is 44.9 cm³/mol. The zero-order chi connectivity index (χ0) is 9.26. The summed E-state index contributed by atoms with van der Waals surface area (Å²) in [6.45, 7) is 0.357. The predicted octanol–water partition coefficient (Wildman–Crippen LogP) is -1.01. The van der Waals surface area contributed by atoms with Gasteiger partial charge in [0.25, 0.3) is 0 Å². The highest BCUT2D eigenvalue weighted by Gasteiger charge is 2.09. The Bertz CT molecular complexity index is 455. The molecule has 1 aromatic heterocycles. The van der Waals surface area contributed by atoms with Gasteiger partial charge in [-0.1, -0.05) is 6.08 Å². The molecule has 5 heteroatoms. The number of hydrogen-bond donors (Lipinski definition) is 1. The van der Waals surface area contributed by atoms with Crippen molar-refractivity contribution in [2.75, 3.05) is 6.54 Å². The van der Waals surface area contributed by atoms with E-state index in [1.807, 2.05) is 0 Å². The fourth-order valence-corrected chi connectivity index (χ4v) is 1.15. The van der Waals surface area contributed by atoms with Crippen molar-refractivity contribution in [3.8, 4) is 0 Å². The molecule has 0 saturated carbocycles. The summed E-state index contributed by atoms with van der Waals surface area (Å²) in [7, 11) is 0. The zero-order valence-electron chi connectivity index (χ0n) is 6.71. The average molecular weight is 177 g/mol. The molecule has 0 saturated heterocycles. The fraction of sp³-hybridized carbons (Fsp3) is 0.125. The number of rotatable bonds is 0. The quantitative estimate of drug-likeness (QED) is 0.551. The first-order chi connectivity index (χ1) is 6.27. The highest BCUT2D eigenvalue weighted by Crippen LogP contribution is 1.92. The summed E-state index contributed by atoms with van der Waals surface area (Å²) in [6.07, 6.45) is 5.37. The van der Waals surface area contributed by atoms with Gasteiger partial charge in [0.05, 0.1) is 5.35 Å². The molecule has 13 heavy (non-hydrogen) atoms. The minimum atomic E-state index is -0.972. The molecular formula is C8H7N3O2. The van der Waals surface area contributed by atoms with Crippen molar-refractivity contribution in [3.63, 3.8) is 0 Å². The number of carbonyl (C=O) groups is 1. The van der Waals surface area contributed by atoms with E-state index in [-0.39, 0.29) is 0 Å². The van der Waals surface area contributed by atoms with Crippen molar-refractivity contribution in [2.45, 2.75) is 0 Å². The van der Waals surface area contributed by atoms with Crippen molar-refractivity contribution in [3.05, 3.63) is 23.1 Å². The van der Waals surface area contributed by atoms with Crippen molar-refractivity contribution in [2.24, 2.45) is 0 Å². The normalized spacial score (nSPS) is 14.0. The fourth-order valence-electron chi connectivity index (χ4n) is 1.15. The van der Waals surface area contributed by atoms with Crippen LogP contribution < -0.4 is 10.6 Å². The summed E-state index contributed by atoms with van der Waals surface area (Å²) in [5, 5.41) is 10.2. The monoisotopic (exact) mass is 177 g/mol. The lowest BCUT2D eigenvalue weighted by atomic mass is 10.3. The summed E-state index contributed by atoms with van der Waals surface area (Å²) in [5.74, 6) is 0. The number of aromatic nitrogens is 2. The molecule has 2 heterocycles. The minimum Gasteiger partial charge on any atom is -0.465 e. The SMILES string of the molecule is O=C(O)N1C=c2ncncc2=CC1. The van der Waals surface area contributed by atoms with Gasteiger partial charge in [0.1, 0.15) is 6.33 Å². The molecule has 0 atom stereocenters. The Labute approximate surface area is 73.7 Å². The molecule has 1 aliphatic rings. The van der Waals surface area contributed by atoms with Gasteiger partial charge in [0.2, 0.25) is 0 Å². The summed E-state index contributed by atoms with van der Waals surface area (Å²) in [5.41, 5.74) is 0. The van der Waals surface area contributed by atoms with Crippen molar-refractivity contribution in [1.29, 1.82) is 0 Å². The highest BCUT2D eigenvalue weighted by molar-refractivity contribution is 5.71. The van der Waals surface area contributed by atoms with Gasteiger partial charge >= 0.3 is 6.09 Å². The number of amides is 1. The van der Waals surface area contributed by atoms with E-state index in [4.69, 9.17) is 5.11 Å². The molecule has 0 aromatic carbocycles. The third-order valence-corrected chi connectivity index (χ3v) is 1.80. The first-order valence-electron chi connectivity index (χ1n) is 3.75. The van der Waals surface area contributed by atoms with Crippen LogP contribution in [0.15, 0.2) is 12.5 Å². The molecule has 0 fully saturated rings. The van der Waals surface area contributed by atoms with Gasteiger partial charge < -0.3 is 5.11 Å². The molecule has 0 unspecified atom stereocenters. The molecule has 0 aliphatic carbocycles. The highest BCUT2D eigenvalue weighted by atomic mass is 16.4. The topological polar surface area (TPSA) is 66.3 Å². The lowest BCUT2D eigenvalue weighted by molar-refractivity contribution is 0.171. The molecule has 5 nitrogen and oxygen atoms in total. The van der Waals surface area contributed by atoms with Crippen LogP contribution in [-0.2, 0) is 0 Å². The van der Waals surface area contributed by atoms with Crippen LogP contribution in [0.3, 0.4) is 0 Å². The standard InChI is InChI=1S/C8H7N3O2/c12-8(13)11-2-1-6-3-9-5-10-7(6)4-11/h1,3-5H,2H2,(H,12,13). The van der Waals surface area contributed by atoms with E-state index in [1.54, 1.807) is 12.3 Å². The van der Waals surface area contributed by atoms with E-state index in [0.717, 1.165) is 5.22 Å². The summed E-state index contributed by atoms with van der Waals surface area (Å²) >= 11 is 0. The third-order valence-electron chi connectivity index (χ3n) is 1.80. The van der Waals surface area contributed by atoms with E-state index in [2.05, 4.69) is 9.97 Å². The first-order valence-corrected chi connectivity index (χ1v) is 3.75. The maximum Gasteiger partial charge on any atom is 0.411 e. The van der Waals surface area contributed by atoms with Gasteiger partial charge in [0.15, 0.2) is 0 Å². The molecule has 66 valence electrons. The van der Waals surface area contributed by atoms with Gasteiger partial charge in [-0.25, -0.2) is 14.8 Å². The molecule has 0 radical (unpaired) electrons. The van der Waals surface area contributed by atoms with E-state index in [9.17, 15) is 4.79 Å². The van der Waals surface area contributed by atoms with Crippen molar-refractivity contribution < 1.29 is 9.90 Å². The Morgan fingerprint density at radius 1 is 1.62 bits per heavy atom. The van der Waals surface area contributed by atoms with Crippen LogP contribution >= 0.6 is 0 Å². The van der Waals surface area contributed by atoms with Gasteiger partial charge in [-0.15, -0.1) is 0 Å². The van der Waals surface area contributed by atoms with Crippen LogP contribution in [0.5, 0.6) is 0 Å². The van der Waals surface area contributed by atoms with E-state index < -0.39 is 6.09 Å². The summed E-state index contributed by atoms with van der Waals surface area (Å²) in [4.78, 5) is 19.6. The zero-order valence-corrected chi connectivity index (χ0v) is 6.71. The molecule has 1 aliphatic heterocycles. The Balaban J connectivity index is 2.55. The smallest absolute Gasteiger partial charge is 0.411 e. The van der Waals surface area contributed by atoms with Crippen LogP contribution in [0.25, 0.3) is 12.3 Å². The molecule has 1 N–H and O–H groups in total. The summed E-state index contributed by atoms with van der Waals surface area (Å²) in [6, 6.07) is 0. The molecule has 1 aromatic rings. The van der Waals surface area contributed by atoms with E-state index in [1.165, 1.54) is 17.4 Å². The number of hydrogen-bond acceptors (Lipinski definition) is 3. The molecule has 0 bridgehead atoms. The molecule has 2 rings (SSSR count). The summed E-state index contributed by atoms with van der Waals surface area (Å²) < 4.78 is 0. The Hall–Kier alpha value is -1.91. The van der Waals surface area contributed by atoms with Gasteiger partial charge in [0, 0.05) is 24.2 Å². The Kier molecular flexibility index (Phi) is 1.70. The number of fused-ring (bicyclic) bond motifs is 1. The lowest BCUT2D eigenvalue weighted by Gasteiger charge is -2.13. The molecular weight excluding hydrogens is 170 g/mol. The second kappa shape index (κ2) is 2.85. The molecule has 1 amide bonds. The third kappa shape index (κ3) is 1.35. The van der Waals surface area contributed by atoms with E-state index in [0.29, 0.717) is 11.9 Å². The van der Waals surface area contributed by atoms with Crippen LogP contribution in [0.2, 0.25) is 0 Å². The number of nitrogens with zero attached hydrogens (tertiary/aromatic N) is 3. The lowest BCUT2D eigenvalue weighted by Crippen LogP contribution is -2.39. The van der Waals surface area contributed by atoms with Gasteiger partial charge in [-0.2, -0.15) is 0 Å². The minimum absolute atomic E-state index is 0.357. The van der Waals surface area contributed by atoms with Crippen LogP contribution in [0, 0.1) is 0 Å². The second-order valence-electron chi connectivity index (χ2n) is 2.63. The second-order valence-corrected chi connectivity index (χ2v) is 2.63. The van der Waals surface area contributed by atoms with Crippen molar-refractivity contribution in [1.82, 2.24) is 14.9 Å². The van der Waals surface area contributed by atoms with Crippen LogP contribution in [0.1, 0.15) is 0 Å². The average Bonchev–Trinajstić information content (AvgIpc) is 2.17. The number of carboxylic acid groups (broad SMARTS) is 1. The van der Waals surface area contributed by atoms with Gasteiger partial charge in [-0.3, -0.25) is 4.90 Å². The van der Waals surface area contributed by atoms with Crippen molar-refractivity contribution >= 4 is 18.4 Å². The van der Waals surface area contributed by atoms with Crippen LogP contribution in [-0.4, -0.2) is 32.6 Å². The maximum atomic E-state index is 10.6. The first kappa shape index (κ1) is 7.72.